The van der Waals surface area contributed by atoms with Gasteiger partial charge in [-0.25, -0.2) is 0 Å². The number of amides is 1. The van der Waals surface area contributed by atoms with Crippen LogP contribution in [0, 0.1) is 27.7 Å². The molecule has 0 radical (unpaired) electrons. The van der Waals surface area contributed by atoms with Crippen LogP contribution in [0.15, 0.2) is 36.4 Å². The summed E-state index contributed by atoms with van der Waals surface area (Å²) in [5, 5.41) is 3.09. The van der Waals surface area contributed by atoms with E-state index in [0.717, 1.165) is 11.1 Å². The molecular formula is C19H23NO. The van der Waals surface area contributed by atoms with E-state index in [4.69, 9.17) is 0 Å². The second-order valence-electron chi connectivity index (χ2n) is 5.87. The molecule has 0 aliphatic rings. The molecule has 0 bridgehead atoms. The Morgan fingerprint density at radius 2 is 1.48 bits per heavy atom. The predicted molar refractivity (Wildman–Crippen MR) is 87.7 cm³/mol. The van der Waals surface area contributed by atoms with Crippen LogP contribution < -0.4 is 5.32 Å². The smallest absolute Gasteiger partial charge is 0.252 e. The first-order chi connectivity index (χ1) is 9.88. The number of carbonyl (C=O) groups is 1. The molecule has 0 aliphatic carbocycles. The molecule has 1 atom stereocenters. The summed E-state index contributed by atoms with van der Waals surface area (Å²) in [4.78, 5) is 12.4. The SMILES string of the molecule is Cc1ccc(C(=O)N[C@@H](C)c2ccc(C)cc2C)c(C)c1. The Hall–Kier alpha value is -2.09. The first-order valence-electron chi connectivity index (χ1n) is 7.33. The standard InChI is InChI=1S/C19H23NO/c1-12-6-8-17(14(3)10-12)16(5)20-19(21)18-9-7-13(2)11-15(18)4/h6-11,16H,1-5H3,(H,20,21)/t16-/m0/s1. The van der Waals surface area contributed by atoms with Crippen LogP contribution in [0.25, 0.3) is 0 Å². The molecule has 2 nitrogen and oxygen atoms in total. The third-order valence-corrected chi connectivity index (χ3v) is 3.87. The van der Waals surface area contributed by atoms with Gasteiger partial charge in [0.2, 0.25) is 0 Å². The fourth-order valence-electron chi connectivity index (χ4n) is 2.73. The molecule has 2 aromatic carbocycles. The molecule has 0 unspecified atom stereocenters. The van der Waals surface area contributed by atoms with E-state index in [2.05, 4.69) is 37.4 Å². The van der Waals surface area contributed by atoms with Crippen LogP contribution in [-0.4, -0.2) is 5.91 Å². The van der Waals surface area contributed by atoms with Crippen LogP contribution in [0.4, 0.5) is 0 Å². The van der Waals surface area contributed by atoms with Crippen molar-refractivity contribution in [3.8, 4) is 0 Å². The highest BCUT2D eigenvalue weighted by Crippen LogP contribution is 2.19. The van der Waals surface area contributed by atoms with Gasteiger partial charge in [-0.1, -0.05) is 41.5 Å². The van der Waals surface area contributed by atoms with E-state index in [1.165, 1.54) is 22.3 Å². The van der Waals surface area contributed by atoms with Crippen LogP contribution >= 0.6 is 0 Å². The Labute approximate surface area is 127 Å². The van der Waals surface area contributed by atoms with Gasteiger partial charge >= 0.3 is 0 Å². The van der Waals surface area contributed by atoms with Gasteiger partial charge in [-0.3, -0.25) is 4.79 Å². The Morgan fingerprint density at radius 1 is 0.905 bits per heavy atom. The molecule has 2 aromatic rings. The minimum Gasteiger partial charge on any atom is -0.346 e. The lowest BCUT2D eigenvalue weighted by molar-refractivity contribution is 0.0939. The molecule has 110 valence electrons. The van der Waals surface area contributed by atoms with Crippen LogP contribution in [-0.2, 0) is 0 Å². The van der Waals surface area contributed by atoms with Crippen molar-refractivity contribution in [3.63, 3.8) is 0 Å². The molecule has 1 N–H and O–H groups in total. The van der Waals surface area contributed by atoms with Gasteiger partial charge in [-0.15, -0.1) is 0 Å². The van der Waals surface area contributed by atoms with Gasteiger partial charge < -0.3 is 5.32 Å². The van der Waals surface area contributed by atoms with Crippen molar-refractivity contribution in [2.45, 2.75) is 40.7 Å². The lowest BCUT2D eigenvalue weighted by atomic mass is 9.99. The average molecular weight is 281 g/mol. The fraction of sp³-hybridized carbons (Fsp3) is 0.316. The Kier molecular flexibility index (Phi) is 4.46. The van der Waals surface area contributed by atoms with Gasteiger partial charge in [0.15, 0.2) is 0 Å². The molecule has 0 saturated heterocycles. The molecule has 0 spiro atoms. The molecule has 2 heteroatoms. The molecule has 0 aliphatic heterocycles. The molecule has 1 amide bonds. The highest BCUT2D eigenvalue weighted by molar-refractivity contribution is 5.95. The van der Waals surface area contributed by atoms with Gasteiger partial charge in [0, 0.05) is 5.56 Å². The maximum Gasteiger partial charge on any atom is 0.252 e. The van der Waals surface area contributed by atoms with Crippen LogP contribution in [0.3, 0.4) is 0 Å². The van der Waals surface area contributed by atoms with Crippen LogP contribution in [0.2, 0.25) is 0 Å². The highest BCUT2D eigenvalue weighted by atomic mass is 16.1. The summed E-state index contributed by atoms with van der Waals surface area (Å²) in [5.41, 5.74) is 6.55. The topological polar surface area (TPSA) is 29.1 Å². The number of aryl methyl sites for hydroxylation is 4. The second kappa shape index (κ2) is 6.13. The largest absolute Gasteiger partial charge is 0.346 e. The number of benzene rings is 2. The molecule has 21 heavy (non-hydrogen) atoms. The van der Waals surface area contributed by atoms with E-state index in [1.54, 1.807) is 0 Å². The maximum absolute atomic E-state index is 12.4. The van der Waals surface area contributed by atoms with Gasteiger partial charge in [-0.2, -0.15) is 0 Å². The molecule has 2 rings (SSSR count). The van der Waals surface area contributed by atoms with Gasteiger partial charge in [0.25, 0.3) is 5.91 Å². The normalized spacial score (nSPS) is 12.0. The minimum atomic E-state index is -0.0139. The van der Waals surface area contributed by atoms with Crippen molar-refractivity contribution in [2.75, 3.05) is 0 Å². The summed E-state index contributed by atoms with van der Waals surface area (Å²) in [7, 11) is 0. The first-order valence-corrected chi connectivity index (χ1v) is 7.33. The number of nitrogens with one attached hydrogen (secondary N) is 1. The van der Waals surface area contributed by atoms with Crippen LogP contribution in [0.5, 0.6) is 0 Å². The number of rotatable bonds is 3. The lowest BCUT2D eigenvalue weighted by Gasteiger charge is -2.18. The summed E-state index contributed by atoms with van der Waals surface area (Å²) in [6, 6.07) is 12.2. The van der Waals surface area contributed by atoms with E-state index in [1.807, 2.05) is 39.0 Å². The monoisotopic (exact) mass is 281 g/mol. The molecule has 0 aromatic heterocycles. The van der Waals surface area contributed by atoms with Gasteiger partial charge in [0.1, 0.15) is 0 Å². The minimum absolute atomic E-state index is 0.00111. The van der Waals surface area contributed by atoms with E-state index in [0.29, 0.717) is 0 Å². The van der Waals surface area contributed by atoms with Crippen molar-refractivity contribution in [1.82, 2.24) is 5.32 Å². The Bertz CT molecular complexity index is 673. The molecular weight excluding hydrogens is 258 g/mol. The van der Waals surface area contributed by atoms with E-state index in [9.17, 15) is 4.79 Å². The zero-order valence-electron chi connectivity index (χ0n) is 13.4. The zero-order chi connectivity index (χ0) is 15.6. The predicted octanol–water partition coefficient (Wildman–Crippen LogP) is 4.41. The van der Waals surface area contributed by atoms with E-state index in [-0.39, 0.29) is 11.9 Å². The van der Waals surface area contributed by atoms with Gasteiger partial charge in [0.05, 0.1) is 6.04 Å². The van der Waals surface area contributed by atoms with Gasteiger partial charge in [-0.05, 0) is 57.4 Å². The van der Waals surface area contributed by atoms with Crippen molar-refractivity contribution >= 4 is 5.91 Å². The Balaban J connectivity index is 2.18. The number of carbonyl (C=O) groups excluding carboxylic acids is 1. The highest BCUT2D eigenvalue weighted by Gasteiger charge is 2.14. The number of hydrogen-bond acceptors (Lipinski definition) is 1. The fourth-order valence-corrected chi connectivity index (χ4v) is 2.73. The average Bonchev–Trinajstić information content (AvgIpc) is 2.37. The summed E-state index contributed by atoms with van der Waals surface area (Å²) < 4.78 is 0. The van der Waals surface area contributed by atoms with Crippen LogP contribution in [0.1, 0.15) is 51.1 Å². The zero-order valence-corrected chi connectivity index (χ0v) is 13.4. The summed E-state index contributed by atoms with van der Waals surface area (Å²) in [5.74, 6) is -0.0139. The van der Waals surface area contributed by atoms with E-state index < -0.39 is 0 Å². The Morgan fingerprint density at radius 3 is 2.05 bits per heavy atom. The van der Waals surface area contributed by atoms with Crippen molar-refractivity contribution in [2.24, 2.45) is 0 Å². The summed E-state index contributed by atoms with van der Waals surface area (Å²) >= 11 is 0. The van der Waals surface area contributed by atoms with E-state index >= 15 is 0 Å². The number of hydrogen-bond donors (Lipinski definition) is 1. The maximum atomic E-state index is 12.4. The molecule has 0 heterocycles. The molecule has 0 saturated carbocycles. The van der Waals surface area contributed by atoms with Crippen molar-refractivity contribution in [3.05, 3.63) is 69.8 Å². The quantitative estimate of drug-likeness (QED) is 0.887. The summed E-state index contributed by atoms with van der Waals surface area (Å²) in [6.07, 6.45) is 0. The second-order valence-corrected chi connectivity index (χ2v) is 5.87. The summed E-state index contributed by atoms with van der Waals surface area (Å²) in [6.45, 7) is 10.2. The third-order valence-electron chi connectivity index (χ3n) is 3.87. The third kappa shape index (κ3) is 3.52. The first kappa shape index (κ1) is 15.3. The lowest BCUT2D eigenvalue weighted by Crippen LogP contribution is -2.27. The molecule has 0 fully saturated rings. The van der Waals surface area contributed by atoms with Crippen molar-refractivity contribution in [1.29, 1.82) is 0 Å². The van der Waals surface area contributed by atoms with Crippen molar-refractivity contribution < 1.29 is 4.79 Å².